The van der Waals surface area contributed by atoms with Crippen LogP contribution in [-0.2, 0) is 0 Å². The average molecular weight is 293 g/mol. The van der Waals surface area contributed by atoms with Gasteiger partial charge in [0.2, 0.25) is 0 Å². The first-order chi connectivity index (χ1) is 10.2. The fourth-order valence-electron chi connectivity index (χ4n) is 1.54. The molecule has 0 spiro atoms. The summed E-state index contributed by atoms with van der Waals surface area (Å²) in [5.74, 6) is 0.609. The number of ether oxygens (including phenoxy) is 2. The van der Waals surface area contributed by atoms with Crippen molar-refractivity contribution in [3.05, 3.63) is 27.8 Å². The first kappa shape index (κ1) is 14.3. The van der Waals surface area contributed by atoms with Crippen LogP contribution in [0.15, 0.2) is 37.9 Å². The molecule has 0 aliphatic carbocycles. The van der Waals surface area contributed by atoms with Gasteiger partial charge in [-0.2, -0.15) is 5.10 Å². The van der Waals surface area contributed by atoms with Crippen LogP contribution < -0.4 is 14.9 Å². The van der Waals surface area contributed by atoms with E-state index in [-0.39, 0.29) is 17.0 Å². The highest BCUT2D eigenvalue weighted by atomic mass is 16.6. The minimum atomic E-state index is -0.722. The van der Waals surface area contributed by atoms with Crippen LogP contribution in [-0.4, -0.2) is 31.6 Å². The molecule has 0 unspecified atom stereocenters. The Morgan fingerprint density at radius 1 is 1.29 bits per heavy atom. The molecule has 11 heteroatoms. The van der Waals surface area contributed by atoms with Crippen LogP contribution in [0, 0.1) is 10.1 Å². The van der Waals surface area contributed by atoms with Crippen molar-refractivity contribution in [3.63, 3.8) is 0 Å². The fourth-order valence-corrected chi connectivity index (χ4v) is 1.54. The van der Waals surface area contributed by atoms with Gasteiger partial charge in [-0.25, -0.2) is 0 Å². The van der Waals surface area contributed by atoms with E-state index >= 15 is 0 Å². The van der Waals surface area contributed by atoms with Crippen molar-refractivity contribution in [2.24, 2.45) is 25.8 Å². The first-order valence-electron chi connectivity index (χ1n) is 5.64. The number of nitrogens with zero attached hydrogens (tertiary/aromatic N) is 6. The minimum Gasteiger partial charge on any atom is -0.493 e. The molecule has 0 saturated heterocycles. The van der Waals surface area contributed by atoms with Gasteiger partial charge in [0.05, 0.1) is 37.0 Å². The summed E-state index contributed by atoms with van der Waals surface area (Å²) in [6.07, 6.45) is 0.532. The minimum absolute atomic E-state index is 0.173. The number of rotatable bonds is 6. The number of nitro groups is 1. The zero-order valence-corrected chi connectivity index (χ0v) is 11.1. The van der Waals surface area contributed by atoms with E-state index in [1.807, 2.05) is 0 Å². The molecule has 21 heavy (non-hydrogen) atoms. The standard InChI is InChI=1S/C10H11N7O4/c1-20-8-3-6(5-11-12-10-13-15-16-14-10)7(17(18)19)4-9(8)21-2/h3-5,10,12H,1-2H3. The Morgan fingerprint density at radius 2 is 1.90 bits per heavy atom. The maximum atomic E-state index is 11.1. The molecule has 1 N–H and O–H groups in total. The lowest BCUT2D eigenvalue weighted by atomic mass is 10.1. The molecule has 1 aliphatic heterocycles. The molecule has 1 aliphatic rings. The van der Waals surface area contributed by atoms with Gasteiger partial charge in [-0.1, -0.05) is 0 Å². The number of methoxy groups -OCH3 is 2. The van der Waals surface area contributed by atoms with Gasteiger partial charge >= 0.3 is 0 Å². The molecule has 2 rings (SSSR count). The maximum Gasteiger partial charge on any atom is 0.282 e. The van der Waals surface area contributed by atoms with Crippen LogP contribution in [0.25, 0.3) is 0 Å². The monoisotopic (exact) mass is 293 g/mol. The van der Waals surface area contributed by atoms with Crippen LogP contribution in [0.4, 0.5) is 5.69 Å². The number of hydrogen-bond acceptors (Lipinski definition) is 10. The highest BCUT2D eigenvalue weighted by Gasteiger charge is 2.18. The van der Waals surface area contributed by atoms with Crippen LogP contribution in [0.2, 0.25) is 0 Å². The Bertz CT molecular complexity index is 616. The van der Waals surface area contributed by atoms with Gasteiger partial charge in [0.25, 0.3) is 12.0 Å². The molecular weight excluding hydrogens is 282 g/mol. The molecule has 0 atom stereocenters. The van der Waals surface area contributed by atoms with E-state index in [1.165, 1.54) is 32.6 Å². The Balaban J connectivity index is 2.27. The van der Waals surface area contributed by atoms with Gasteiger partial charge < -0.3 is 9.47 Å². The second-order valence-electron chi connectivity index (χ2n) is 3.69. The van der Waals surface area contributed by atoms with Gasteiger partial charge in [0, 0.05) is 0 Å². The van der Waals surface area contributed by atoms with Gasteiger partial charge in [-0.3, -0.25) is 15.5 Å². The van der Waals surface area contributed by atoms with Crippen molar-refractivity contribution < 1.29 is 14.4 Å². The lowest BCUT2D eigenvalue weighted by Crippen LogP contribution is -2.17. The summed E-state index contributed by atoms with van der Waals surface area (Å²) < 4.78 is 10.1. The fraction of sp³-hybridized carbons (Fsp3) is 0.300. The first-order valence-corrected chi connectivity index (χ1v) is 5.64. The summed E-state index contributed by atoms with van der Waals surface area (Å²) in [4.78, 5) is 10.5. The summed E-state index contributed by atoms with van der Waals surface area (Å²) in [6, 6.07) is 2.70. The predicted octanol–water partition coefficient (Wildman–Crippen LogP) is 1.65. The van der Waals surface area contributed by atoms with Crippen molar-refractivity contribution in [1.29, 1.82) is 0 Å². The van der Waals surface area contributed by atoms with E-state index in [0.717, 1.165) is 0 Å². The predicted molar refractivity (Wildman–Crippen MR) is 70.4 cm³/mol. The average Bonchev–Trinajstić information content (AvgIpc) is 2.99. The van der Waals surface area contributed by atoms with Crippen molar-refractivity contribution in [2.75, 3.05) is 14.2 Å². The largest absolute Gasteiger partial charge is 0.493 e. The van der Waals surface area contributed by atoms with E-state index in [4.69, 9.17) is 9.47 Å². The second kappa shape index (κ2) is 6.36. The van der Waals surface area contributed by atoms with E-state index in [0.29, 0.717) is 5.75 Å². The molecule has 0 saturated carbocycles. The van der Waals surface area contributed by atoms with Crippen LogP contribution in [0.3, 0.4) is 0 Å². The molecular formula is C10H11N7O4. The number of hydrazone groups is 1. The van der Waals surface area contributed by atoms with Crippen LogP contribution >= 0.6 is 0 Å². The molecule has 0 aromatic heterocycles. The van der Waals surface area contributed by atoms with Crippen molar-refractivity contribution >= 4 is 11.9 Å². The Kier molecular flexibility index (Phi) is 4.33. The third kappa shape index (κ3) is 3.26. The van der Waals surface area contributed by atoms with Gasteiger partial charge in [-0.15, -0.1) is 10.2 Å². The molecule has 1 heterocycles. The number of nitro benzene ring substituents is 1. The molecule has 1 aromatic rings. The summed E-state index contributed by atoms with van der Waals surface area (Å²) in [5.41, 5.74) is 2.58. The molecule has 0 bridgehead atoms. The van der Waals surface area contributed by atoms with E-state index in [1.54, 1.807) is 0 Å². The summed E-state index contributed by atoms with van der Waals surface area (Å²) in [7, 11) is 2.83. The Labute approximate surface area is 118 Å². The van der Waals surface area contributed by atoms with Crippen LogP contribution in [0.5, 0.6) is 11.5 Å². The smallest absolute Gasteiger partial charge is 0.282 e. The SMILES string of the molecule is COc1cc(C=NNC2N=NN=N2)c([N+](=O)[O-])cc1OC. The molecule has 11 nitrogen and oxygen atoms in total. The lowest BCUT2D eigenvalue weighted by Gasteiger charge is -2.08. The van der Waals surface area contributed by atoms with Crippen molar-refractivity contribution in [1.82, 2.24) is 5.43 Å². The quantitative estimate of drug-likeness (QED) is 0.483. The van der Waals surface area contributed by atoms with E-state index in [2.05, 4.69) is 31.2 Å². The van der Waals surface area contributed by atoms with Gasteiger partial charge in [0.15, 0.2) is 11.5 Å². The van der Waals surface area contributed by atoms with Crippen molar-refractivity contribution in [3.8, 4) is 11.5 Å². The highest BCUT2D eigenvalue weighted by molar-refractivity contribution is 5.86. The molecule has 110 valence electrons. The lowest BCUT2D eigenvalue weighted by molar-refractivity contribution is -0.385. The molecule has 0 radical (unpaired) electrons. The summed E-state index contributed by atoms with van der Waals surface area (Å²) in [6.45, 7) is 0. The van der Waals surface area contributed by atoms with Crippen LogP contribution in [0.1, 0.15) is 5.56 Å². The normalized spacial score (nSPS) is 13.8. The Morgan fingerprint density at radius 3 is 2.48 bits per heavy atom. The maximum absolute atomic E-state index is 11.1. The van der Waals surface area contributed by atoms with Gasteiger partial charge in [0.1, 0.15) is 0 Å². The Hall–Kier alpha value is -3.11. The molecule has 0 fully saturated rings. The number of benzene rings is 1. The zero-order chi connectivity index (χ0) is 15.2. The third-order valence-corrected chi connectivity index (χ3v) is 2.49. The molecule has 1 aromatic carbocycles. The van der Waals surface area contributed by atoms with E-state index in [9.17, 15) is 10.1 Å². The zero-order valence-electron chi connectivity index (χ0n) is 11.1. The summed E-state index contributed by atoms with van der Waals surface area (Å²) >= 11 is 0. The van der Waals surface area contributed by atoms with E-state index < -0.39 is 11.2 Å². The van der Waals surface area contributed by atoms with Crippen molar-refractivity contribution in [2.45, 2.75) is 6.29 Å². The topological polar surface area (TPSA) is 135 Å². The summed E-state index contributed by atoms with van der Waals surface area (Å²) in [5, 5.41) is 28.6. The number of hydrogen-bond donors (Lipinski definition) is 1. The number of nitrogens with one attached hydrogen (secondary N) is 1. The highest BCUT2D eigenvalue weighted by Crippen LogP contribution is 2.33. The molecule has 0 amide bonds. The second-order valence-corrected chi connectivity index (χ2v) is 3.69. The third-order valence-electron chi connectivity index (χ3n) is 2.49. The van der Waals surface area contributed by atoms with Gasteiger partial charge in [-0.05, 0) is 16.5 Å².